The third kappa shape index (κ3) is 31.4. The predicted octanol–water partition coefficient (Wildman–Crippen LogP) is 6.72. The number of nitrogens with two attached hydrogens (primary N) is 2. The van der Waals surface area contributed by atoms with Crippen molar-refractivity contribution in [2.45, 2.75) is 49.8 Å². The second kappa shape index (κ2) is 33.9. The molecule has 284 valence electrons. The lowest BCUT2D eigenvalue weighted by molar-refractivity contribution is -0.109. The molecule has 0 aliphatic heterocycles. The summed E-state index contributed by atoms with van der Waals surface area (Å²) >= 11 is 18.7. The van der Waals surface area contributed by atoms with Gasteiger partial charge in [-0.15, -0.1) is 23.2 Å². The molecule has 9 nitrogen and oxygen atoms in total. The van der Waals surface area contributed by atoms with Crippen molar-refractivity contribution in [3.63, 3.8) is 0 Å². The summed E-state index contributed by atoms with van der Waals surface area (Å²) in [6.07, 6.45) is 3.05. The van der Waals surface area contributed by atoms with E-state index in [0.29, 0.717) is 53.5 Å². The Morgan fingerprint density at radius 3 is 1.53 bits per heavy atom. The van der Waals surface area contributed by atoms with Gasteiger partial charge in [-0.1, -0.05) is 63.9 Å². The molecule has 0 aromatic heterocycles. The van der Waals surface area contributed by atoms with Gasteiger partial charge in [-0.05, 0) is 87.0 Å². The summed E-state index contributed by atoms with van der Waals surface area (Å²) in [5.74, 6) is 6.18. The maximum Gasteiger partial charge on any atom is 0.240 e. The summed E-state index contributed by atoms with van der Waals surface area (Å²) in [6, 6.07) is 13.7. The first kappa shape index (κ1) is 51.2. The second-order valence-corrected chi connectivity index (χ2v) is 19.5. The average molecular weight is 861 g/mol. The fourth-order valence-corrected chi connectivity index (χ4v) is 9.23. The zero-order chi connectivity index (χ0) is 37.4. The molecule has 6 N–H and O–H groups in total. The van der Waals surface area contributed by atoms with Crippen molar-refractivity contribution in [1.82, 2.24) is 9.44 Å². The highest BCUT2D eigenvalue weighted by molar-refractivity contribution is 8.76. The Balaban J connectivity index is 0. The minimum absolute atomic E-state index is 0.283. The smallest absolute Gasteiger partial charge is 0.240 e. The van der Waals surface area contributed by atoms with Crippen LogP contribution in [0, 0.1) is 13.8 Å². The molecule has 2 rings (SSSR count). The molecule has 0 amide bonds. The van der Waals surface area contributed by atoms with Gasteiger partial charge in [0, 0.05) is 48.7 Å². The molecule has 2 aromatic rings. The number of benzene rings is 2. The number of hydrogen-bond acceptors (Lipinski definition) is 11. The molecule has 0 heterocycles. The van der Waals surface area contributed by atoms with Crippen molar-refractivity contribution in [2.75, 3.05) is 72.5 Å². The van der Waals surface area contributed by atoms with E-state index in [9.17, 15) is 21.6 Å². The summed E-state index contributed by atoms with van der Waals surface area (Å²) in [7, 11) is -3.21. The third-order valence-electron chi connectivity index (χ3n) is 5.29. The van der Waals surface area contributed by atoms with Crippen LogP contribution in [0.4, 0.5) is 0 Å². The highest BCUT2D eigenvalue weighted by Crippen LogP contribution is 2.21. The van der Waals surface area contributed by atoms with Crippen LogP contribution in [0.5, 0.6) is 0 Å². The van der Waals surface area contributed by atoms with Gasteiger partial charge in [0.05, 0.1) is 15.5 Å². The number of aryl methyl sites for hydroxylation is 2. The number of carbonyl (C=O) groups excluding carboxylic acids is 1. The fourth-order valence-electron chi connectivity index (χ4n) is 2.87. The molecule has 0 aliphatic carbocycles. The molecular formula is C31H53Cl3N4O5S6. The molecule has 0 aliphatic rings. The summed E-state index contributed by atoms with van der Waals surface area (Å²) < 4.78 is 52.8. The van der Waals surface area contributed by atoms with Crippen LogP contribution in [-0.2, 0) is 24.8 Å². The van der Waals surface area contributed by atoms with Gasteiger partial charge in [0.2, 0.25) is 25.3 Å². The Labute approximate surface area is 327 Å². The van der Waals surface area contributed by atoms with Gasteiger partial charge in [0.1, 0.15) is 0 Å². The van der Waals surface area contributed by atoms with E-state index in [0.717, 1.165) is 59.2 Å². The number of nitrogens with one attached hydrogen (secondary N) is 2. The van der Waals surface area contributed by atoms with Gasteiger partial charge >= 0.3 is 0 Å². The van der Waals surface area contributed by atoms with E-state index in [-0.39, 0.29) is 5.24 Å². The number of alkyl halides is 2. The van der Waals surface area contributed by atoms with Crippen LogP contribution in [0.1, 0.15) is 37.3 Å². The van der Waals surface area contributed by atoms with E-state index in [4.69, 9.17) is 46.3 Å². The van der Waals surface area contributed by atoms with E-state index in [2.05, 4.69) is 16.4 Å². The molecule has 49 heavy (non-hydrogen) atoms. The number of carbonyl (C=O) groups is 1. The largest absolute Gasteiger partial charge is 0.330 e. The molecule has 0 saturated heterocycles. The van der Waals surface area contributed by atoms with Gasteiger partial charge < -0.3 is 11.5 Å². The van der Waals surface area contributed by atoms with Crippen molar-refractivity contribution < 1.29 is 21.6 Å². The summed E-state index contributed by atoms with van der Waals surface area (Å²) in [4.78, 5) is 10.8. The first-order valence-corrected chi connectivity index (χ1v) is 24.7. The molecule has 0 atom stereocenters. The molecule has 2 aromatic carbocycles. The van der Waals surface area contributed by atoms with Crippen LogP contribution >= 0.6 is 79.9 Å². The SMILES string of the molecule is CCCSSCCNS(=O)(=O)c1ccc(C)cc1.Cc1ccc(S(=O)(=O)NCCSCCCN)cc1.NCCCl.O=C(Cl)CSCCCCl. The standard InChI is InChI=1S/C12H20N2O2S2.C12H19NO2S3.C5H8Cl2OS.C2H6ClN/c1-11-3-5-12(6-4-11)18(15,16)14-8-10-17-9-2-7-13;1-3-9-16-17-10-8-13-18(14,15)12-6-4-11(2)5-7-12;6-2-1-3-9-4-5(7)8;3-1-2-4/h3-6,14H,2,7-10,13H2,1H3;4-7,13H,3,8-10H2,1-2H3;1-4H2;1-2,4H2. The van der Waals surface area contributed by atoms with Gasteiger partial charge in [-0.2, -0.15) is 23.5 Å². The number of rotatable bonds is 22. The average Bonchev–Trinajstić information content (AvgIpc) is 3.07. The summed E-state index contributed by atoms with van der Waals surface area (Å²) in [5.41, 5.74) is 12.4. The molecule has 0 unspecified atom stereocenters. The molecule has 0 radical (unpaired) electrons. The monoisotopic (exact) mass is 858 g/mol. The Morgan fingerprint density at radius 1 is 0.673 bits per heavy atom. The Hall–Kier alpha value is 0.120. The quantitative estimate of drug-likeness (QED) is 0.0431. The second-order valence-electron chi connectivity index (χ2n) is 9.75. The maximum absolute atomic E-state index is 11.9. The zero-order valence-corrected chi connectivity index (χ0v) is 35.7. The highest BCUT2D eigenvalue weighted by atomic mass is 35.5. The Kier molecular flexibility index (Phi) is 35.5. The van der Waals surface area contributed by atoms with E-state index in [1.54, 1.807) is 81.9 Å². The van der Waals surface area contributed by atoms with Crippen LogP contribution in [0.2, 0.25) is 0 Å². The number of halogens is 3. The number of sulfonamides is 2. The number of thioether (sulfide) groups is 2. The molecule has 18 heteroatoms. The van der Waals surface area contributed by atoms with Crippen molar-refractivity contribution in [3.05, 3.63) is 59.7 Å². The van der Waals surface area contributed by atoms with Crippen molar-refractivity contribution >= 4 is 105 Å². The maximum atomic E-state index is 11.9. The molecule has 0 bridgehead atoms. The van der Waals surface area contributed by atoms with Gasteiger partial charge in [-0.3, -0.25) is 4.79 Å². The Bertz CT molecular complexity index is 1210. The lowest BCUT2D eigenvalue weighted by Gasteiger charge is -2.06. The lowest BCUT2D eigenvalue weighted by Crippen LogP contribution is -2.26. The van der Waals surface area contributed by atoms with Gasteiger partial charge in [0.15, 0.2) is 0 Å². The minimum Gasteiger partial charge on any atom is -0.330 e. The van der Waals surface area contributed by atoms with Crippen LogP contribution < -0.4 is 20.9 Å². The van der Waals surface area contributed by atoms with E-state index in [1.807, 2.05) is 13.8 Å². The summed E-state index contributed by atoms with van der Waals surface area (Å²) in [5, 5.41) is -0.283. The topological polar surface area (TPSA) is 161 Å². The fraction of sp³-hybridized carbons (Fsp3) is 0.581. The molecule has 0 spiro atoms. The van der Waals surface area contributed by atoms with Crippen molar-refractivity contribution in [2.24, 2.45) is 11.5 Å². The van der Waals surface area contributed by atoms with Crippen LogP contribution in [0.15, 0.2) is 58.3 Å². The van der Waals surface area contributed by atoms with Gasteiger partial charge in [-0.25, -0.2) is 26.3 Å². The predicted molar refractivity (Wildman–Crippen MR) is 222 cm³/mol. The highest BCUT2D eigenvalue weighted by Gasteiger charge is 2.13. The Morgan fingerprint density at radius 2 is 1.12 bits per heavy atom. The molecule has 0 fully saturated rings. The lowest BCUT2D eigenvalue weighted by atomic mass is 10.2. The van der Waals surface area contributed by atoms with E-state index < -0.39 is 20.0 Å². The van der Waals surface area contributed by atoms with Crippen LogP contribution in [0.25, 0.3) is 0 Å². The van der Waals surface area contributed by atoms with Crippen LogP contribution in [-0.4, -0.2) is 94.5 Å². The normalized spacial score (nSPS) is 10.9. The summed E-state index contributed by atoms with van der Waals surface area (Å²) in [6.45, 7) is 8.18. The van der Waals surface area contributed by atoms with E-state index in [1.165, 1.54) is 11.8 Å². The van der Waals surface area contributed by atoms with Crippen LogP contribution in [0.3, 0.4) is 0 Å². The van der Waals surface area contributed by atoms with E-state index >= 15 is 0 Å². The first-order chi connectivity index (χ1) is 23.3. The van der Waals surface area contributed by atoms with Crippen molar-refractivity contribution in [1.29, 1.82) is 0 Å². The molecular weight excluding hydrogens is 807 g/mol. The minimum atomic E-state index is -3.36. The third-order valence-corrected chi connectivity index (χ3v) is 13.7. The first-order valence-electron chi connectivity index (χ1n) is 15.5. The molecule has 0 saturated carbocycles. The zero-order valence-electron chi connectivity index (χ0n) is 28.5. The van der Waals surface area contributed by atoms with Crippen molar-refractivity contribution in [3.8, 4) is 0 Å². The number of hydrogen-bond donors (Lipinski definition) is 4. The van der Waals surface area contributed by atoms with Gasteiger partial charge in [0.25, 0.3) is 0 Å².